The third-order valence-electron chi connectivity index (χ3n) is 0. The Kier molecular flexibility index (Phi) is 59.3. The zero-order chi connectivity index (χ0) is 6.28. The van der Waals surface area contributed by atoms with Crippen LogP contribution in [-0.4, -0.2) is 45.4 Å². The monoisotopic (exact) mass is 166 g/mol. The van der Waals surface area contributed by atoms with Crippen molar-refractivity contribution in [2.75, 3.05) is 5.75 Å². The van der Waals surface area contributed by atoms with Crippen molar-refractivity contribution in [1.29, 1.82) is 0 Å². The minimum absolute atomic E-state index is 0. The molecule has 3 nitrogen and oxygen atoms in total. The van der Waals surface area contributed by atoms with Crippen molar-refractivity contribution in [1.82, 2.24) is 0 Å². The minimum Gasteiger partial charge on any atom is -1.00 e. The van der Waals surface area contributed by atoms with Crippen LogP contribution in [0.5, 0.6) is 0 Å². The van der Waals surface area contributed by atoms with E-state index in [0.29, 0.717) is 0 Å². The van der Waals surface area contributed by atoms with E-state index in [0.717, 1.165) is 12.7 Å². The van der Waals surface area contributed by atoms with Gasteiger partial charge in [-0.3, -0.25) is 4.79 Å². The molecular formula is C4H14MgO3S. The fourth-order valence-electron chi connectivity index (χ4n) is 0. The van der Waals surface area contributed by atoms with E-state index in [9.17, 15) is 0 Å². The van der Waals surface area contributed by atoms with Gasteiger partial charge < -0.3 is 13.4 Å². The Hall–Kier alpha value is 0.546. The van der Waals surface area contributed by atoms with Gasteiger partial charge in [-0.25, -0.2) is 0 Å². The summed E-state index contributed by atoms with van der Waals surface area (Å²) in [6.07, 6.45) is 0. The normalized spacial score (nSPS) is 4.78. The molecule has 0 heterocycles. The number of carboxylic acid groups (broad SMARTS) is 1. The van der Waals surface area contributed by atoms with E-state index in [-0.39, 0.29) is 31.4 Å². The molecule has 0 amide bonds. The Morgan fingerprint density at radius 1 is 1.78 bits per heavy atom. The van der Waals surface area contributed by atoms with Crippen molar-refractivity contribution in [3.05, 3.63) is 0 Å². The summed E-state index contributed by atoms with van der Waals surface area (Å²) in [7, 11) is 0. The molecule has 0 unspecified atom stereocenters. The SMILES string of the molecule is CC(=O)O.CCS.O.[H-].[H-].[Mg+2]. The fourth-order valence-corrected chi connectivity index (χ4v) is 0. The van der Waals surface area contributed by atoms with Gasteiger partial charge in [0.15, 0.2) is 0 Å². The van der Waals surface area contributed by atoms with Crippen LogP contribution in [-0.2, 0) is 4.79 Å². The summed E-state index contributed by atoms with van der Waals surface area (Å²) >= 11 is 3.79. The number of thiol groups is 1. The standard InChI is InChI=1S/C2H4O2.C2H6S.Mg.H2O.2H/c1-2(3)4;1-2-3;;;;/h1H3,(H,3,4);3H,2H2,1H3;;1H2;;/q;;+2;;2*-1. The number of hydrogen-bond donors (Lipinski definition) is 2. The summed E-state index contributed by atoms with van der Waals surface area (Å²) < 4.78 is 0. The van der Waals surface area contributed by atoms with Crippen molar-refractivity contribution in [3.8, 4) is 0 Å². The molecule has 0 aromatic rings. The van der Waals surface area contributed by atoms with Crippen LogP contribution < -0.4 is 0 Å². The Bertz CT molecular complexity index is 54.6. The first-order valence-electron chi connectivity index (χ1n) is 1.95. The van der Waals surface area contributed by atoms with Gasteiger partial charge in [0.1, 0.15) is 0 Å². The van der Waals surface area contributed by atoms with Crippen LogP contribution in [0, 0.1) is 0 Å². The first kappa shape index (κ1) is 22.7. The first-order chi connectivity index (χ1) is 3.15. The number of aliphatic carboxylic acids is 1. The van der Waals surface area contributed by atoms with Crippen molar-refractivity contribution in [2.45, 2.75) is 13.8 Å². The molecule has 0 aromatic heterocycles. The maximum absolute atomic E-state index is 9.00. The molecule has 0 aliphatic rings. The topological polar surface area (TPSA) is 68.8 Å². The predicted octanol–water partition coefficient (Wildman–Crippen LogP) is 0.0465. The molecule has 3 N–H and O–H groups in total. The van der Waals surface area contributed by atoms with Crippen LogP contribution in [0.2, 0.25) is 0 Å². The average molecular weight is 167 g/mol. The summed E-state index contributed by atoms with van der Waals surface area (Å²) in [6.45, 7) is 3.07. The van der Waals surface area contributed by atoms with Crippen molar-refractivity contribution in [2.24, 2.45) is 0 Å². The molecule has 0 radical (unpaired) electrons. The van der Waals surface area contributed by atoms with E-state index in [4.69, 9.17) is 9.90 Å². The average Bonchev–Trinajstić information content (AvgIpc) is 1.33. The second-order valence-electron chi connectivity index (χ2n) is 0.835. The van der Waals surface area contributed by atoms with Crippen LogP contribution in [0.15, 0.2) is 0 Å². The van der Waals surface area contributed by atoms with Gasteiger partial charge in [-0.15, -0.1) is 0 Å². The van der Waals surface area contributed by atoms with Crippen LogP contribution in [0.3, 0.4) is 0 Å². The van der Waals surface area contributed by atoms with Gasteiger partial charge >= 0.3 is 23.1 Å². The van der Waals surface area contributed by atoms with Gasteiger partial charge in [0.25, 0.3) is 5.97 Å². The second kappa shape index (κ2) is 23.5. The molecule has 0 bridgehead atoms. The first-order valence-corrected chi connectivity index (χ1v) is 2.58. The number of rotatable bonds is 0. The van der Waals surface area contributed by atoms with E-state index in [1.807, 2.05) is 6.92 Å². The largest absolute Gasteiger partial charge is 2.00 e. The van der Waals surface area contributed by atoms with E-state index < -0.39 is 5.97 Å². The predicted molar refractivity (Wildman–Crippen MR) is 44.4 cm³/mol. The maximum Gasteiger partial charge on any atom is 2.00 e. The molecule has 0 atom stereocenters. The molecule has 9 heavy (non-hydrogen) atoms. The van der Waals surface area contributed by atoms with Gasteiger partial charge in [0, 0.05) is 6.92 Å². The van der Waals surface area contributed by atoms with E-state index in [1.54, 1.807) is 0 Å². The molecule has 0 aliphatic heterocycles. The summed E-state index contributed by atoms with van der Waals surface area (Å²) in [5.41, 5.74) is 0. The van der Waals surface area contributed by atoms with Crippen molar-refractivity contribution >= 4 is 41.7 Å². The van der Waals surface area contributed by atoms with E-state index in [1.165, 1.54) is 0 Å². The quantitative estimate of drug-likeness (QED) is 0.394. The number of carboxylic acids is 1. The zero-order valence-electron chi connectivity index (χ0n) is 7.72. The Morgan fingerprint density at radius 3 is 1.78 bits per heavy atom. The summed E-state index contributed by atoms with van der Waals surface area (Å²) in [6, 6.07) is 0. The third kappa shape index (κ3) is 1230. The second-order valence-corrected chi connectivity index (χ2v) is 1.47. The molecule has 0 spiro atoms. The van der Waals surface area contributed by atoms with Crippen LogP contribution in [0.1, 0.15) is 16.7 Å². The summed E-state index contributed by atoms with van der Waals surface area (Å²) in [5.74, 6) is 0.111. The smallest absolute Gasteiger partial charge is 1.00 e. The number of carbonyl (C=O) groups is 1. The zero-order valence-corrected chi connectivity index (χ0v) is 8.03. The van der Waals surface area contributed by atoms with Crippen molar-refractivity contribution in [3.63, 3.8) is 0 Å². The van der Waals surface area contributed by atoms with Gasteiger partial charge in [0.2, 0.25) is 0 Å². The van der Waals surface area contributed by atoms with Gasteiger partial charge in [-0.05, 0) is 5.75 Å². The minimum atomic E-state index is -0.833. The molecule has 0 rings (SSSR count). The van der Waals surface area contributed by atoms with Gasteiger partial charge in [-0.2, -0.15) is 12.6 Å². The Morgan fingerprint density at radius 2 is 1.78 bits per heavy atom. The molecule has 0 saturated carbocycles. The Labute approximate surface area is 79.7 Å². The van der Waals surface area contributed by atoms with Crippen LogP contribution >= 0.6 is 12.6 Å². The van der Waals surface area contributed by atoms with Crippen molar-refractivity contribution < 1.29 is 18.2 Å². The van der Waals surface area contributed by atoms with E-state index in [2.05, 4.69) is 12.6 Å². The molecule has 0 aliphatic carbocycles. The van der Waals surface area contributed by atoms with Crippen LogP contribution in [0.4, 0.5) is 0 Å². The van der Waals surface area contributed by atoms with E-state index >= 15 is 0 Å². The molecule has 5 heteroatoms. The summed E-state index contributed by atoms with van der Waals surface area (Å²) in [5, 5.41) is 7.42. The molecule has 0 saturated heterocycles. The van der Waals surface area contributed by atoms with Crippen LogP contribution in [0.25, 0.3) is 0 Å². The number of hydrogen-bond acceptors (Lipinski definition) is 2. The molecule has 56 valence electrons. The Balaban J connectivity index is -0.00000000848. The molecule has 0 aromatic carbocycles. The molecular weight excluding hydrogens is 152 g/mol. The fraction of sp³-hybridized carbons (Fsp3) is 0.750. The van der Waals surface area contributed by atoms with Gasteiger partial charge in [0.05, 0.1) is 0 Å². The van der Waals surface area contributed by atoms with Gasteiger partial charge in [-0.1, -0.05) is 6.92 Å². The summed E-state index contributed by atoms with van der Waals surface area (Å²) in [4.78, 5) is 9.00. The molecule has 0 fully saturated rings. The maximum atomic E-state index is 9.00. The third-order valence-corrected chi connectivity index (χ3v) is 0.